The second-order valence-electron chi connectivity index (χ2n) is 6.63. The van der Waals surface area contributed by atoms with Crippen LogP contribution in [-0.4, -0.2) is 18.0 Å². The van der Waals surface area contributed by atoms with E-state index in [-0.39, 0.29) is 24.7 Å². The number of hydrogen-bond acceptors (Lipinski definition) is 4. The van der Waals surface area contributed by atoms with Crippen molar-refractivity contribution in [2.75, 3.05) is 5.32 Å². The molecular weight excluding hydrogens is 414 g/mol. The van der Waals surface area contributed by atoms with Gasteiger partial charge >= 0.3 is 0 Å². The summed E-state index contributed by atoms with van der Waals surface area (Å²) in [6, 6.07) is 24.2. The van der Waals surface area contributed by atoms with Crippen molar-refractivity contribution >= 4 is 35.3 Å². The minimum absolute atomic E-state index is 0.000218. The van der Waals surface area contributed by atoms with Crippen LogP contribution >= 0.6 is 11.6 Å². The molecule has 2 N–H and O–H groups in total. The summed E-state index contributed by atoms with van der Waals surface area (Å²) in [7, 11) is 0. The monoisotopic (exact) mass is 435 g/mol. The maximum Gasteiger partial charge on any atom is 0.240 e. The Kier molecular flexibility index (Phi) is 8.20. The van der Waals surface area contributed by atoms with Gasteiger partial charge in [-0.1, -0.05) is 66.2 Å². The molecule has 0 fully saturated rings. The van der Waals surface area contributed by atoms with E-state index >= 15 is 0 Å². The molecule has 0 saturated carbocycles. The fraction of sp³-hybridized carbons (Fsp3) is 0.125. The predicted molar refractivity (Wildman–Crippen MR) is 122 cm³/mol. The third kappa shape index (κ3) is 7.28. The first-order chi connectivity index (χ1) is 15.1. The molecule has 3 aromatic rings. The first-order valence-corrected chi connectivity index (χ1v) is 10.1. The molecule has 3 aromatic carbocycles. The van der Waals surface area contributed by atoms with Crippen molar-refractivity contribution in [1.29, 1.82) is 0 Å². The Morgan fingerprint density at radius 1 is 0.871 bits per heavy atom. The van der Waals surface area contributed by atoms with Gasteiger partial charge in [0.15, 0.2) is 0 Å². The lowest BCUT2D eigenvalue weighted by Gasteiger charge is -2.09. The van der Waals surface area contributed by atoms with E-state index in [4.69, 9.17) is 16.3 Å². The van der Waals surface area contributed by atoms with Crippen molar-refractivity contribution < 1.29 is 14.3 Å². The average molecular weight is 436 g/mol. The molecule has 0 aromatic heterocycles. The van der Waals surface area contributed by atoms with Crippen LogP contribution in [0.1, 0.15) is 24.0 Å². The number of carbonyl (C=O) groups is 2. The first kappa shape index (κ1) is 22.1. The number of para-hydroxylation sites is 2. The van der Waals surface area contributed by atoms with Crippen molar-refractivity contribution in [3.05, 3.63) is 95.0 Å². The van der Waals surface area contributed by atoms with Crippen molar-refractivity contribution in [2.45, 2.75) is 19.4 Å². The highest BCUT2D eigenvalue weighted by molar-refractivity contribution is 6.33. The fourth-order valence-corrected chi connectivity index (χ4v) is 2.87. The zero-order valence-electron chi connectivity index (χ0n) is 16.8. The largest absolute Gasteiger partial charge is 0.488 e. The molecule has 0 radical (unpaired) electrons. The van der Waals surface area contributed by atoms with Gasteiger partial charge in [0, 0.05) is 18.4 Å². The minimum Gasteiger partial charge on any atom is -0.488 e. The molecule has 31 heavy (non-hydrogen) atoms. The normalized spacial score (nSPS) is 10.6. The number of carbonyl (C=O) groups excluding carboxylic acids is 2. The summed E-state index contributed by atoms with van der Waals surface area (Å²) < 4.78 is 5.86. The second-order valence-corrected chi connectivity index (χ2v) is 7.04. The molecular formula is C24H22ClN3O3. The van der Waals surface area contributed by atoms with Gasteiger partial charge in [-0.25, -0.2) is 5.43 Å². The average Bonchev–Trinajstić information content (AvgIpc) is 2.79. The fourth-order valence-electron chi connectivity index (χ4n) is 2.69. The second kappa shape index (κ2) is 11.5. The Labute approximate surface area is 185 Å². The van der Waals surface area contributed by atoms with Crippen LogP contribution < -0.4 is 15.5 Å². The molecule has 0 heterocycles. The number of amides is 2. The van der Waals surface area contributed by atoms with Crippen LogP contribution in [0.3, 0.4) is 0 Å². The summed E-state index contributed by atoms with van der Waals surface area (Å²) in [5.74, 6) is -0.0106. The third-order valence-corrected chi connectivity index (χ3v) is 4.61. The lowest BCUT2D eigenvalue weighted by molar-refractivity contribution is -0.124. The van der Waals surface area contributed by atoms with Crippen LogP contribution in [-0.2, 0) is 16.2 Å². The highest BCUT2D eigenvalue weighted by Crippen LogP contribution is 2.20. The molecule has 3 rings (SSSR count). The van der Waals surface area contributed by atoms with Gasteiger partial charge in [-0.05, 0) is 29.8 Å². The molecule has 0 saturated heterocycles. The van der Waals surface area contributed by atoms with E-state index in [0.717, 1.165) is 11.1 Å². The zero-order valence-corrected chi connectivity index (χ0v) is 17.5. The van der Waals surface area contributed by atoms with Crippen LogP contribution in [0.15, 0.2) is 84.0 Å². The molecule has 158 valence electrons. The number of anilines is 1. The smallest absolute Gasteiger partial charge is 0.240 e. The molecule has 7 heteroatoms. The molecule has 0 aliphatic rings. The Bertz CT molecular complexity index is 1050. The number of benzene rings is 3. The number of nitrogens with zero attached hydrogens (tertiary/aromatic N) is 1. The summed E-state index contributed by atoms with van der Waals surface area (Å²) in [6.07, 6.45) is 1.53. The van der Waals surface area contributed by atoms with Crippen molar-refractivity contribution in [3.8, 4) is 5.75 Å². The van der Waals surface area contributed by atoms with E-state index in [0.29, 0.717) is 23.1 Å². The number of hydrazone groups is 1. The highest BCUT2D eigenvalue weighted by atomic mass is 35.5. The van der Waals surface area contributed by atoms with Crippen LogP contribution in [0.5, 0.6) is 5.75 Å². The molecule has 0 aliphatic heterocycles. The number of ether oxygens (including phenoxy) is 1. The summed E-state index contributed by atoms with van der Waals surface area (Å²) in [4.78, 5) is 24.0. The Balaban J connectivity index is 1.46. The van der Waals surface area contributed by atoms with Gasteiger partial charge < -0.3 is 10.1 Å². The SMILES string of the molecule is O=C(CCC(=O)Nc1ccccc1Cl)NN=Cc1ccccc1OCc1ccccc1. The van der Waals surface area contributed by atoms with Crippen LogP contribution in [0.25, 0.3) is 0 Å². The standard InChI is InChI=1S/C24H22ClN3O3/c25-20-11-5-6-12-21(20)27-23(29)14-15-24(30)28-26-16-19-10-4-7-13-22(19)31-17-18-8-2-1-3-9-18/h1-13,16H,14-15,17H2,(H,27,29)(H,28,30). The Morgan fingerprint density at radius 3 is 2.35 bits per heavy atom. The summed E-state index contributed by atoms with van der Waals surface area (Å²) in [6.45, 7) is 0.429. The maximum absolute atomic E-state index is 12.0. The van der Waals surface area contributed by atoms with E-state index in [2.05, 4.69) is 15.8 Å². The van der Waals surface area contributed by atoms with Gasteiger partial charge in [-0.15, -0.1) is 0 Å². The predicted octanol–water partition coefficient (Wildman–Crippen LogP) is 4.79. The Hall–Kier alpha value is -3.64. The maximum atomic E-state index is 12.0. The Morgan fingerprint density at radius 2 is 1.55 bits per heavy atom. The van der Waals surface area contributed by atoms with Gasteiger partial charge in [0.25, 0.3) is 0 Å². The number of hydrogen-bond donors (Lipinski definition) is 2. The minimum atomic E-state index is -0.367. The van der Waals surface area contributed by atoms with Crippen molar-refractivity contribution in [3.63, 3.8) is 0 Å². The highest BCUT2D eigenvalue weighted by Gasteiger charge is 2.08. The van der Waals surface area contributed by atoms with E-state index in [9.17, 15) is 9.59 Å². The van der Waals surface area contributed by atoms with Crippen LogP contribution in [0, 0.1) is 0 Å². The van der Waals surface area contributed by atoms with E-state index in [1.54, 1.807) is 24.3 Å². The molecule has 6 nitrogen and oxygen atoms in total. The summed E-state index contributed by atoms with van der Waals surface area (Å²) in [5.41, 5.74) is 4.73. The lowest BCUT2D eigenvalue weighted by Crippen LogP contribution is -2.20. The number of rotatable bonds is 9. The van der Waals surface area contributed by atoms with Gasteiger partial charge in [0.05, 0.1) is 16.9 Å². The molecule has 0 aliphatic carbocycles. The number of nitrogens with one attached hydrogen (secondary N) is 2. The van der Waals surface area contributed by atoms with Crippen LogP contribution in [0.2, 0.25) is 5.02 Å². The first-order valence-electron chi connectivity index (χ1n) is 9.74. The molecule has 0 spiro atoms. The van der Waals surface area contributed by atoms with Crippen molar-refractivity contribution in [1.82, 2.24) is 5.43 Å². The molecule has 0 bridgehead atoms. The zero-order chi connectivity index (χ0) is 21.9. The molecule has 0 atom stereocenters. The van der Waals surface area contributed by atoms with Gasteiger partial charge in [-0.2, -0.15) is 5.10 Å². The van der Waals surface area contributed by atoms with Gasteiger partial charge in [0.2, 0.25) is 11.8 Å². The number of halogens is 1. The van der Waals surface area contributed by atoms with E-state index in [1.807, 2.05) is 54.6 Å². The summed E-state index contributed by atoms with van der Waals surface area (Å²) in [5, 5.41) is 7.10. The van der Waals surface area contributed by atoms with Gasteiger partial charge in [-0.3, -0.25) is 9.59 Å². The van der Waals surface area contributed by atoms with Crippen molar-refractivity contribution in [2.24, 2.45) is 5.10 Å². The summed E-state index contributed by atoms with van der Waals surface area (Å²) >= 11 is 6.00. The van der Waals surface area contributed by atoms with Gasteiger partial charge in [0.1, 0.15) is 12.4 Å². The van der Waals surface area contributed by atoms with E-state index < -0.39 is 0 Å². The quantitative estimate of drug-likeness (QED) is 0.374. The molecule has 2 amide bonds. The van der Waals surface area contributed by atoms with Crippen LogP contribution in [0.4, 0.5) is 5.69 Å². The van der Waals surface area contributed by atoms with E-state index in [1.165, 1.54) is 6.21 Å². The third-order valence-electron chi connectivity index (χ3n) is 4.28. The topological polar surface area (TPSA) is 79.8 Å². The molecule has 0 unspecified atom stereocenters. The lowest BCUT2D eigenvalue weighted by atomic mass is 10.2.